The van der Waals surface area contributed by atoms with Crippen LogP contribution < -0.4 is 10.6 Å². The molecule has 34 heavy (non-hydrogen) atoms. The molecule has 2 aromatic carbocycles. The fourth-order valence-electron chi connectivity index (χ4n) is 3.59. The maximum atomic E-state index is 13.5. The monoisotopic (exact) mass is 467 g/mol. The Kier molecular flexibility index (Phi) is 9.66. The van der Waals surface area contributed by atoms with E-state index in [2.05, 4.69) is 10.6 Å². The van der Waals surface area contributed by atoms with E-state index < -0.39 is 17.7 Å². The van der Waals surface area contributed by atoms with E-state index in [4.69, 9.17) is 4.74 Å². The first-order valence-corrected chi connectivity index (χ1v) is 11.7. The lowest BCUT2D eigenvalue weighted by Gasteiger charge is -2.32. The number of alkyl carbamates (subject to hydrolysis) is 1. The molecule has 7 nitrogen and oxygen atoms in total. The Morgan fingerprint density at radius 3 is 2.29 bits per heavy atom. The molecule has 0 spiro atoms. The maximum Gasteiger partial charge on any atom is 0.408 e. The molecule has 0 saturated heterocycles. The fraction of sp³-hybridized carbons (Fsp3) is 0.444. The Hall–Kier alpha value is -3.35. The summed E-state index contributed by atoms with van der Waals surface area (Å²) in [4.78, 5) is 40.4. The molecule has 0 heterocycles. The first-order chi connectivity index (χ1) is 16.0. The average Bonchev–Trinajstić information content (AvgIpc) is 2.77. The molecule has 1 unspecified atom stereocenters. The SMILES string of the molecule is CCCN(C(=O)CNC(=O)OC(C)(C)C)C(C(=O)NCc1ccccc1)c1cc(C)ccc1C. The third-order valence-corrected chi connectivity index (χ3v) is 5.17. The number of benzene rings is 2. The predicted molar refractivity (Wildman–Crippen MR) is 133 cm³/mol. The minimum absolute atomic E-state index is 0.262. The van der Waals surface area contributed by atoms with Gasteiger partial charge in [-0.05, 0) is 57.7 Å². The Morgan fingerprint density at radius 2 is 1.68 bits per heavy atom. The van der Waals surface area contributed by atoms with E-state index in [1.807, 2.05) is 69.3 Å². The zero-order chi connectivity index (χ0) is 25.3. The number of nitrogens with zero attached hydrogens (tertiary/aromatic N) is 1. The van der Waals surface area contributed by atoms with Crippen LogP contribution in [0.3, 0.4) is 0 Å². The second kappa shape index (κ2) is 12.2. The number of amides is 3. The summed E-state index contributed by atoms with van der Waals surface area (Å²) >= 11 is 0. The normalized spacial score (nSPS) is 11.9. The topological polar surface area (TPSA) is 87.7 Å². The Bertz CT molecular complexity index is 983. The van der Waals surface area contributed by atoms with Gasteiger partial charge in [-0.1, -0.05) is 61.0 Å². The van der Waals surface area contributed by atoms with E-state index >= 15 is 0 Å². The van der Waals surface area contributed by atoms with Gasteiger partial charge in [0.25, 0.3) is 0 Å². The molecule has 2 N–H and O–H groups in total. The van der Waals surface area contributed by atoms with Gasteiger partial charge in [0.05, 0.1) is 0 Å². The van der Waals surface area contributed by atoms with Gasteiger partial charge in [0, 0.05) is 13.1 Å². The molecule has 0 aliphatic carbocycles. The van der Waals surface area contributed by atoms with Gasteiger partial charge in [-0.25, -0.2) is 4.79 Å². The van der Waals surface area contributed by atoms with Crippen LogP contribution in [0.2, 0.25) is 0 Å². The number of rotatable bonds is 9. The molecule has 7 heteroatoms. The zero-order valence-electron chi connectivity index (χ0n) is 21.1. The van der Waals surface area contributed by atoms with Crippen LogP contribution in [0.25, 0.3) is 0 Å². The van der Waals surface area contributed by atoms with Gasteiger partial charge < -0.3 is 20.3 Å². The van der Waals surface area contributed by atoms with Crippen LogP contribution >= 0.6 is 0 Å². The summed E-state index contributed by atoms with van der Waals surface area (Å²) in [5.41, 5.74) is 2.98. The van der Waals surface area contributed by atoms with E-state index in [1.54, 1.807) is 25.7 Å². The van der Waals surface area contributed by atoms with Crippen molar-refractivity contribution in [1.29, 1.82) is 0 Å². The highest BCUT2D eigenvalue weighted by atomic mass is 16.6. The van der Waals surface area contributed by atoms with Crippen molar-refractivity contribution >= 4 is 17.9 Å². The Morgan fingerprint density at radius 1 is 1.00 bits per heavy atom. The van der Waals surface area contributed by atoms with Crippen LogP contribution in [0.5, 0.6) is 0 Å². The van der Waals surface area contributed by atoms with E-state index in [1.165, 1.54) is 0 Å². The van der Waals surface area contributed by atoms with Crippen LogP contribution in [0.15, 0.2) is 48.5 Å². The van der Waals surface area contributed by atoms with Gasteiger partial charge in [-0.15, -0.1) is 0 Å². The van der Waals surface area contributed by atoms with Crippen molar-refractivity contribution in [3.8, 4) is 0 Å². The smallest absolute Gasteiger partial charge is 0.408 e. The quantitative estimate of drug-likeness (QED) is 0.571. The van der Waals surface area contributed by atoms with Crippen LogP contribution in [0, 0.1) is 13.8 Å². The number of ether oxygens (including phenoxy) is 1. The summed E-state index contributed by atoms with van der Waals surface area (Å²) in [6.07, 6.45) is -0.0139. The first-order valence-electron chi connectivity index (χ1n) is 11.7. The number of hydrogen-bond acceptors (Lipinski definition) is 4. The van der Waals surface area contributed by atoms with Crippen molar-refractivity contribution in [2.45, 2.75) is 66.2 Å². The summed E-state index contributed by atoms with van der Waals surface area (Å²) < 4.78 is 5.24. The molecule has 2 aromatic rings. The highest BCUT2D eigenvalue weighted by Crippen LogP contribution is 2.26. The van der Waals surface area contributed by atoms with Gasteiger partial charge in [-0.3, -0.25) is 9.59 Å². The first kappa shape index (κ1) is 26.9. The minimum atomic E-state index is -0.823. The average molecular weight is 468 g/mol. The summed E-state index contributed by atoms with van der Waals surface area (Å²) in [5, 5.41) is 5.51. The van der Waals surface area contributed by atoms with E-state index in [0.717, 1.165) is 22.3 Å². The summed E-state index contributed by atoms with van der Waals surface area (Å²) in [7, 11) is 0. The number of nitrogens with one attached hydrogen (secondary N) is 2. The maximum absolute atomic E-state index is 13.5. The van der Waals surface area contributed by atoms with Gasteiger partial charge in [-0.2, -0.15) is 0 Å². The molecule has 0 bridgehead atoms. The van der Waals surface area contributed by atoms with Crippen molar-refractivity contribution in [3.05, 3.63) is 70.8 Å². The second-order valence-corrected chi connectivity index (χ2v) is 9.41. The van der Waals surface area contributed by atoms with Crippen molar-refractivity contribution < 1.29 is 19.1 Å². The van der Waals surface area contributed by atoms with E-state index in [9.17, 15) is 14.4 Å². The molecule has 0 aliphatic rings. The molecule has 184 valence electrons. The summed E-state index contributed by atoms with van der Waals surface area (Å²) in [6.45, 7) is 11.6. The largest absolute Gasteiger partial charge is 0.444 e. The lowest BCUT2D eigenvalue weighted by atomic mass is 9.96. The molecule has 0 fully saturated rings. The van der Waals surface area contributed by atoms with Crippen LogP contribution in [-0.2, 0) is 20.9 Å². The Balaban J connectivity index is 2.30. The molecule has 0 aliphatic heterocycles. The van der Waals surface area contributed by atoms with Gasteiger partial charge >= 0.3 is 6.09 Å². The molecule has 3 amide bonds. The number of aryl methyl sites for hydroxylation is 2. The predicted octanol–water partition coefficient (Wildman–Crippen LogP) is 4.42. The minimum Gasteiger partial charge on any atom is -0.444 e. The van der Waals surface area contributed by atoms with Gasteiger partial charge in [0.1, 0.15) is 18.2 Å². The summed E-state index contributed by atoms with van der Waals surface area (Å²) in [5.74, 6) is -0.620. The molecule has 2 rings (SSSR count). The zero-order valence-corrected chi connectivity index (χ0v) is 21.1. The molecule has 0 radical (unpaired) electrons. The van der Waals surface area contributed by atoms with Crippen LogP contribution in [0.1, 0.15) is 62.4 Å². The third kappa shape index (κ3) is 8.21. The van der Waals surface area contributed by atoms with Crippen LogP contribution in [-0.4, -0.2) is 41.5 Å². The molecule has 0 saturated carbocycles. The highest BCUT2D eigenvalue weighted by Gasteiger charge is 2.32. The molecular formula is C27H37N3O4. The second-order valence-electron chi connectivity index (χ2n) is 9.41. The molecule has 1 atom stereocenters. The number of carbonyl (C=O) groups is 3. The fourth-order valence-corrected chi connectivity index (χ4v) is 3.59. The lowest BCUT2D eigenvalue weighted by Crippen LogP contribution is -2.48. The van der Waals surface area contributed by atoms with Crippen molar-refractivity contribution in [2.75, 3.05) is 13.1 Å². The van der Waals surface area contributed by atoms with Crippen LogP contribution in [0.4, 0.5) is 4.79 Å². The number of hydrogen-bond donors (Lipinski definition) is 2. The highest BCUT2D eigenvalue weighted by molar-refractivity contribution is 5.90. The number of carbonyl (C=O) groups excluding carboxylic acids is 3. The third-order valence-electron chi connectivity index (χ3n) is 5.17. The Labute approximate surface area is 202 Å². The summed E-state index contributed by atoms with van der Waals surface area (Å²) in [6, 6.07) is 14.7. The standard InChI is InChI=1S/C27H37N3O4/c1-7-15-30(23(31)18-29-26(33)34-27(4,5)6)24(22-16-19(2)13-14-20(22)3)25(32)28-17-21-11-9-8-10-12-21/h8-14,16,24H,7,15,17-18H2,1-6H3,(H,28,32)(H,29,33). The van der Waals surface area contributed by atoms with Crippen molar-refractivity contribution in [1.82, 2.24) is 15.5 Å². The van der Waals surface area contributed by atoms with E-state index in [-0.39, 0.29) is 18.4 Å². The van der Waals surface area contributed by atoms with Gasteiger partial charge in [0.2, 0.25) is 11.8 Å². The van der Waals surface area contributed by atoms with E-state index in [0.29, 0.717) is 19.5 Å². The van der Waals surface area contributed by atoms with Crippen molar-refractivity contribution in [3.63, 3.8) is 0 Å². The van der Waals surface area contributed by atoms with Crippen molar-refractivity contribution in [2.24, 2.45) is 0 Å². The lowest BCUT2D eigenvalue weighted by molar-refractivity contribution is -0.140. The van der Waals surface area contributed by atoms with Gasteiger partial charge in [0.15, 0.2) is 0 Å². The molecule has 0 aromatic heterocycles. The molecular weight excluding hydrogens is 430 g/mol.